The van der Waals surface area contributed by atoms with Crippen molar-refractivity contribution in [2.75, 3.05) is 26.9 Å². The van der Waals surface area contributed by atoms with Crippen LogP contribution in [0.2, 0.25) is 5.02 Å². The number of hydrogen-bond acceptors (Lipinski definition) is 6. The van der Waals surface area contributed by atoms with Crippen LogP contribution >= 0.6 is 11.6 Å². The number of rotatable bonds is 7. The quantitative estimate of drug-likeness (QED) is 0.395. The lowest BCUT2D eigenvalue weighted by atomic mass is 9.95. The van der Waals surface area contributed by atoms with E-state index in [2.05, 4.69) is 0 Å². The van der Waals surface area contributed by atoms with Gasteiger partial charge in [-0.25, -0.2) is 0 Å². The van der Waals surface area contributed by atoms with Crippen LogP contribution in [-0.2, 0) is 14.3 Å². The van der Waals surface area contributed by atoms with Gasteiger partial charge in [0, 0.05) is 19.2 Å². The van der Waals surface area contributed by atoms with Crippen molar-refractivity contribution in [3.63, 3.8) is 0 Å². The minimum absolute atomic E-state index is 0.0634. The van der Waals surface area contributed by atoms with Crippen molar-refractivity contribution in [3.8, 4) is 11.5 Å². The Hall–Kier alpha value is -3.03. The van der Waals surface area contributed by atoms with Gasteiger partial charge in [0.2, 0.25) is 0 Å². The number of phenols is 1. The summed E-state index contributed by atoms with van der Waals surface area (Å²) >= 11 is 6.06. The summed E-state index contributed by atoms with van der Waals surface area (Å²) in [5, 5.41) is 20.8. The van der Waals surface area contributed by atoms with Crippen molar-refractivity contribution in [1.29, 1.82) is 0 Å². The first-order valence-electron chi connectivity index (χ1n) is 9.38. The van der Waals surface area contributed by atoms with E-state index in [9.17, 15) is 19.8 Å². The number of hydrogen-bond donors (Lipinski definition) is 2. The standard InChI is InChI=1S/C22H22ClNO6/c1-3-30-15-6-4-5-14(11-15)20(26)18-19(13-7-8-17(25)16(23)12-13)24(9-10-29-2)22(28)21(18)27/h4-8,11-12,19,25-26H,3,9-10H2,1-2H3/b20-18-. The van der Waals surface area contributed by atoms with Gasteiger partial charge in [0.1, 0.15) is 17.3 Å². The number of phenolic OH excluding ortho intramolecular Hbond substituents is 1. The third kappa shape index (κ3) is 4.13. The lowest BCUT2D eigenvalue weighted by Gasteiger charge is -2.25. The number of benzene rings is 2. The van der Waals surface area contributed by atoms with Crippen molar-refractivity contribution >= 4 is 29.1 Å². The molecule has 1 aliphatic rings. The summed E-state index contributed by atoms with van der Waals surface area (Å²) in [7, 11) is 1.49. The van der Waals surface area contributed by atoms with E-state index in [1.807, 2.05) is 6.92 Å². The minimum atomic E-state index is -0.881. The van der Waals surface area contributed by atoms with Crippen LogP contribution in [-0.4, -0.2) is 53.7 Å². The van der Waals surface area contributed by atoms with E-state index in [1.54, 1.807) is 30.3 Å². The summed E-state index contributed by atoms with van der Waals surface area (Å²) in [6, 6.07) is 10.2. The molecule has 158 valence electrons. The molecule has 2 aromatic rings. The van der Waals surface area contributed by atoms with Crippen molar-refractivity contribution in [2.24, 2.45) is 0 Å². The normalized spacial score (nSPS) is 18.1. The number of ketones is 1. The third-order valence-corrected chi connectivity index (χ3v) is 5.08. The maximum absolute atomic E-state index is 12.9. The number of ether oxygens (including phenoxy) is 2. The fraction of sp³-hybridized carbons (Fsp3) is 0.273. The molecule has 8 heteroatoms. The maximum atomic E-state index is 12.9. The van der Waals surface area contributed by atoms with Crippen LogP contribution in [0.5, 0.6) is 11.5 Å². The SMILES string of the molecule is CCOc1cccc(/C(O)=C2/C(=O)C(=O)N(CCOC)C2c2ccc(O)c(Cl)c2)c1. The van der Waals surface area contributed by atoms with Crippen molar-refractivity contribution in [3.05, 3.63) is 64.2 Å². The van der Waals surface area contributed by atoms with Crippen molar-refractivity contribution in [1.82, 2.24) is 4.90 Å². The molecule has 3 rings (SSSR count). The second kappa shape index (κ2) is 9.19. The van der Waals surface area contributed by atoms with Gasteiger partial charge in [0.05, 0.1) is 29.9 Å². The van der Waals surface area contributed by atoms with E-state index < -0.39 is 17.7 Å². The first-order chi connectivity index (χ1) is 14.4. The number of nitrogens with zero attached hydrogens (tertiary/aromatic N) is 1. The van der Waals surface area contributed by atoms with E-state index in [1.165, 1.54) is 24.1 Å². The number of aromatic hydroxyl groups is 1. The third-order valence-electron chi connectivity index (χ3n) is 4.78. The van der Waals surface area contributed by atoms with Gasteiger partial charge in [0.15, 0.2) is 0 Å². The molecule has 1 heterocycles. The van der Waals surface area contributed by atoms with E-state index in [0.29, 0.717) is 23.5 Å². The van der Waals surface area contributed by atoms with Crippen LogP contribution in [0.3, 0.4) is 0 Å². The highest BCUT2D eigenvalue weighted by molar-refractivity contribution is 6.46. The summed E-state index contributed by atoms with van der Waals surface area (Å²) in [6.07, 6.45) is 0. The van der Waals surface area contributed by atoms with E-state index >= 15 is 0 Å². The zero-order valence-corrected chi connectivity index (χ0v) is 17.3. The number of amides is 1. The molecule has 1 amide bonds. The molecule has 30 heavy (non-hydrogen) atoms. The molecule has 0 bridgehead atoms. The first kappa shape index (κ1) is 21.7. The van der Waals surface area contributed by atoms with Crippen LogP contribution in [0.15, 0.2) is 48.0 Å². The molecule has 0 spiro atoms. The number of aliphatic hydroxyl groups excluding tert-OH is 1. The van der Waals surface area contributed by atoms with Gasteiger partial charge in [-0.1, -0.05) is 29.8 Å². The largest absolute Gasteiger partial charge is 0.507 e. The Morgan fingerprint density at radius 1 is 1.20 bits per heavy atom. The van der Waals surface area contributed by atoms with Gasteiger partial charge in [-0.05, 0) is 36.8 Å². The van der Waals surface area contributed by atoms with Crippen LogP contribution in [0.25, 0.3) is 5.76 Å². The summed E-state index contributed by atoms with van der Waals surface area (Å²) in [4.78, 5) is 26.9. The van der Waals surface area contributed by atoms with Crippen LogP contribution < -0.4 is 4.74 Å². The fourth-order valence-corrected chi connectivity index (χ4v) is 3.58. The Morgan fingerprint density at radius 3 is 2.63 bits per heavy atom. The average molecular weight is 432 g/mol. The van der Waals surface area contributed by atoms with Crippen LogP contribution in [0.4, 0.5) is 0 Å². The number of carbonyl (C=O) groups excluding carboxylic acids is 2. The zero-order valence-electron chi connectivity index (χ0n) is 16.6. The van der Waals surface area contributed by atoms with E-state index in [4.69, 9.17) is 21.1 Å². The number of aliphatic hydroxyl groups is 1. The second-order valence-corrected chi connectivity index (χ2v) is 7.06. The number of likely N-dealkylation sites (tertiary alicyclic amines) is 1. The molecule has 2 N–H and O–H groups in total. The highest BCUT2D eigenvalue weighted by Crippen LogP contribution is 2.41. The maximum Gasteiger partial charge on any atom is 0.295 e. The highest BCUT2D eigenvalue weighted by atomic mass is 35.5. The van der Waals surface area contributed by atoms with Gasteiger partial charge in [0.25, 0.3) is 11.7 Å². The highest BCUT2D eigenvalue weighted by Gasteiger charge is 2.46. The van der Waals surface area contributed by atoms with Gasteiger partial charge in [-0.15, -0.1) is 0 Å². The molecule has 1 atom stereocenters. The van der Waals surface area contributed by atoms with Gasteiger partial charge < -0.3 is 24.6 Å². The summed E-state index contributed by atoms with van der Waals surface area (Å²) in [5.41, 5.74) is 0.766. The number of methoxy groups -OCH3 is 1. The predicted octanol–water partition coefficient (Wildman–Crippen LogP) is 3.51. The molecule has 2 aromatic carbocycles. The number of halogens is 1. The Labute approximate surface area is 179 Å². The molecule has 0 aromatic heterocycles. The molecular formula is C22H22ClNO6. The smallest absolute Gasteiger partial charge is 0.295 e. The van der Waals surface area contributed by atoms with Gasteiger partial charge in [-0.3, -0.25) is 9.59 Å². The topological polar surface area (TPSA) is 96.3 Å². The van der Waals surface area contributed by atoms with Crippen molar-refractivity contribution in [2.45, 2.75) is 13.0 Å². The molecular weight excluding hydrogens is 410 g/mol. The molecule has 1 aliphatic heterocycles. The van der Waals surface area contributed by atoms with E-state index in [0.717, 1.165) is 0 Å². The first-order valence-corrected chi connectivity index (χ1v) is 9.75. The molecule has 1 unspecified atom stereocenters. The predicted molar refractivity (Wildman–Crippen MR) is 112 cm³/mol. The molecule has 1 saturated heterocycles. The molecule has 0 aliphatic carbocycles. The van der Waals surface area contributed by atoms with Crippen LogP contribution in [0.1, 0.15) is 24.1 Å². The molecule has 0 saturated carbocycles. The average Bonchev–Trinajstić information content (AvgIpc) is 2.99. The van der Waals surface area contributed by atoms with E-state index in [-0.39, 0.29) is 35.3 Å². The fourth-order valence-electron chi connectivity index (χ4n) is 3.40. The monoisotopic (exact) mass is 431 g/mol. The van der Waals surface area contributed by atoms with Crippen LogP contribution in [0, 0.1) is 0 Å². The minimum Gasteiger partial charge on any atom is -0.507 e. The Balaban J connectivity index is 2.16. The Kier molecular flexibility index (Phi) is 6.64. The summed E-state index contributed by atoms with van der Waals surface area (Å²) < 4.78 is 10.5. The molecule has 1 fully saturated rings. The summed E-state index contributed by atoms with van der Waals surface area (Å²) in [5.74, 6) is -1.47. The lowest BCUT2D eigenvalue weighted by molar-refractivity contribution is -0.140. The molecule has 0 radical (unpaired) electrons. The molecule has 7 nitrogen and oxygen atoms in total. The summed E-state index contributed by atoms with van der Waals surface area (Å²) in [6.45, 7) is 2.62. The van der Waals surface area contributed by atoms with Gasteiger partial charge >= 0.3 is 0 Å². The zero-order chi connectivity index (χ0) is 21.8. The van der Waals surface area contributed by atoms with Gasteiger partial charge in [-0.2, -0.15) is 0 Å². The van der Waals surface area contributed by atoms with Crippen molar-refractivity contribution < 1.29 is 29.3 Å². The number of carbonyl (C=O) groups is 2. The Morgan fingerprint density at radius 2 is 1.97 bits per heavy atom. The lowest BCUT2D eigenvalue weighted by Crippen LogP contribution is -2.32. The second-order valence-electron chi connectivity index (χ2n) is 6.66. The number of Topliss-reactive ketones (excluding diaryl/α,β-unsaturated/α-hetero) is 1. The Bertz CT molecular complexity index is 1000.